The highest BCUT2D eigenvalue weighted by Gasteiger charge is 2.55. The van der Waals surface area contributed by atoms with Crippen molar-refractivity contribution in [3.63, 3.8) is 0 Å². The van der Waals surface area contributed by atoms with Gasteiger partial charge in [0.2, 0.25) is 24.8 Å². The first-order valence-corrected chi connectivity index (χ1v) is 29.1. The molecule has 9 rings (SSSR count). The molecule has 2 amide bonds. The van der Waals surface area contributed by atoms with Crippen molar-refractivity contribution in [2.45, 2.75) is 129 Å². The number of nitrogens with two attached hydrogens (primary N) is 1. The molecule has 89 heavy (non-hydrogen) atoms. The van der Waals surface area contributed by atoms with Crippen LogP contribution < -0.4 is 25.0 Å². The lowest BCUT2D eigenvalue weighted by Crippen LogP contribution is -2.63. The molecule has 0 aromatic heterocycles. The van der Waals surface area contributed by atoms with Gasteiger partial charge in [0.25, 0.3) is 11.8 Å². The largest absolute Gasteiger partial charge is 0.463 e. The second-order valence-electron chi connectivity index (χ2n) is 21.5. The molecular weight excluding hydrogens is 1210 g/mol. The summed E-state index contributed by atoms with van der Waals surface area (Å²) in [5, 5.41) is 2.17. The molecule has 0 saturated carbocycles. The molecule has 0 radical (unpaired) electrons. The fourth-order valence-electron chi connectivity index (χ4n) is 11.7. The molecule has 2 N–H and O–H groups in total. The van der Waals surface area contributed by atoms with Crippen molar-refractivity contribution < 1.29 is 105 Å². The monoisotopic (exact) mass is 1270 g/mol. The average Bonchev–Trinajstić information content (AvgIpc) is 1.74. The minimum absolute atomic E-state index is 0.00996. The smallest absolute Gasteiger partial charge is 0.303 e. The third-order valence-corrected chi connectivity index (χ3v) is 15.7. The van der Waals surface area contributed by atoms with Gasteiger partial charge in [-0.25, -0.2) is 0 Å². The summed E-state index contributed by atoms with van der Waals surface area (Å²) in [6, 6.07) is 21.4. The number of nitrogen functional groups attached to an aromatic ring is 1. The molecule has 12 atom stereocenters. The van der Waals surface area contributed by atoms with Crippen LogP contribution in [0.4, 0.5) is 17.1 Å². The number of rotatable bonds is 18. The Hall–Kier alpha value is -8.78. The van der Waals surface area contributed by atoms with E-state index in [1.807, 2.05) is 0 Å². The number of esters is 8. The van der Waals surface area contributed by atoms with Crippen LogP contribution in [-0.4, -0.2) is 159 Å². The number of ether oxygens (including phenoxy) is 12. The molecule has 2 saturated heterocycles. The lowest BCUT2D eigenvalue weighted by atomic mass is 9.95. The van der Waals surface area contributed by atoms with Gasteiger partial charge in [0.15, 0.2) is 24.4 Å². The van der Waals surface area contributed by atoms with E-state index in [9.17, 15) is 38.4 Å². The molecule has 5 aromatic rings. The number of benzene rings is 5. The van der Waals surface area contributed by atoms with Crippen molar-refractivity contribution in [1.82, 2.24) is 0 Å². The van der Waals surface area contributed by atoms with Crippen molar-refractivity contribution >= 4 is 121 Å². The summed E-state index contributed by atoms with van der Waals surface area (Å²) in [4.78, 5) is 133. The zero-order valence-corrected chi connectivity index (χ0v) is 50.9. The van der Waals surface area contributed by atoms with E-state index in [0.717, 1.165) is 55.4 Å². The number of hydrogen-bond donors (Lipinski definition) is 1. The van der Waals surface area contributed by atoms with Gasteiger partial charge in [0.1, 0.15) is 36.9 Å². The maximum absolute atomic E-state index is 15.3. The van der Waals surface area contributed by atoms with Gasteiger partial charge in [-0.05, 0) is 40.1 Å². The van der Waals surface area contributed by atoms with E-state index in [1.54, 1.807) is 60.7 Å². The maximum Gasteiger partial charge on any atom is 0.303 e. The summed E-state index contributed by atoms with van der Waals surface area (Å²) in [6.45, 7) is 7.89. The van der Waals surface area contributed by atoms with Crippen molar-refractivity contribution in [1.29, 1.82) is 0 Å². The van der Waals surface area contributed by atoms with Crippen LogP contribution >= 0.6 is 23.2 Å². The third kappa shape index (κ3) is 14.1. The number of hydrogen-bond acceptors (Lipinski definition) is 23. The number of alkyl halides is 2. The number of carbonyl (C=O) groups excluding carboxylic acids is 10. The maximum atomic E-state index is 15.3. The van der Waals surface area contributed by atoms with Crippen LogP contribution in [-0.2, 0) is 85.7 Å². The van der Waals surface area contributed by atoms with Crippen LogP contribution in [0.25, 0.3) is 21.5 Å². The Bertz CT molecular complexity index is 3430. The Morgan fingerprint density at radius 1 is 0.449 bits per heavy atom. The molecule has 4 heterocycles. The first-order valence-electron chi connectivity index (χ1n) is 28.1. The zero-order valence-electron chi connectivity index (χ0n) is 49.4. The summed E-state index contributed by atoms with van der Waals surface area (Å²) in [5.41, 5.74) is 8.57. The summed E-state index contributed by atoms with van der Waals surface area (Å²) in [6.07, 6.45) is -15.2. The quantitative estimate of drug-likeness (QED) is 0.0425. The molecule has 5 aromatic carbocycles. The highest BCUT2D eigenvalue weighted by molar-refractivity contribution is 6.20. The number of fused-ring (bicyclic) bond motifs is 6. The number of carbonyl (C=O) groups is 10. The molecule has 472 valence electrons. The van der Waals surface area contributed by atoms with Crippen LogP contribution in [0.15, 0.2) is 78.9 Å². The molecular formula is C62H63Cl2N3O22. The molecule has 4 aliphatic rings. The highest BCUT2D eigenvalue weighted by Crippen LogP contribution is 2.49. The minimum Gasteiger partial charge on any atom is -0.463 e. The van der Waals surface area contributed by atoms with Gasteiger partial charge in [-0.2, -0.15) is 0 Å². The molecule has 27 heteroatoms. The average molecular weight is 1270 g/mol. The number of anilines is 3. The Kier molecular flexibility index (Phi) is 19.8. The first kappa shape index (κ1) is 64.7. The Morgan fingerprint density at radius 2 is 0.775 bits per heavy atom. The van der Waals surface area contributed by atoms with E-state index in [0.29, 0.717) is 44.0 Å². The van der Waals surface area contributed by atoms with E-state index in [-0.39, 0.29) is 53.2 Å². The number of nitrogens with zero attached hydrogens (tertiary/aromatic N) is 2. The van der Waals surface area contributed by atoms with Crippen molar-refractivity contribution in [2.75, 3.05) is 53.6 Å². The van der Waals surface area contributed by atoms with Crippen LogP contribution in [0.5, 0.6) is 11.5 Å². The Morgan fingerprint density at radius 3 is 1.10 bits per heavy atom. The zero-order chi connectivity index (χ0) is 64.3. The Balaban J connectivity index is 1.08. The van der Waals surface area contributed by atoms with E-state index >= 15 is 9.59 Å². The topological polar surface area (TPSA) is 314 Å². The van der Waals surface area contributed by atoms with Crippen molar-refractivity contribution in [3.8, 4) is 11.5 Å². The second-order valence-corrected chi connectivity index (χ2v) is 22.1. The standard InChI is InChI=1S/C62H63Cl2N3O22/c1-28(68)78-26-49-53(80-30(3)70)55(82-32(5)72)57(84-34(7)74)61(88-49)86-47-20-45-51(43-15-11-9-13-41(43)47)38(22-63)24-66(45)59(76)36-17-37(19-40(65)18-36)60(77)67-25-39(23-64)52-44-16-12-10-14-42(44)48(21-46(52)67)87-62-58(85-35(8)75)56(83-33(6)73)54(81-31(4)71)50(89-62)27-79-29(2)69/h9-21,38-39,49-50,53-58,61-62H,22-27,65H2,1-8H3/t38-,39-,49-,50+,53+,54-,55+,56-,57-,58+,61-,62+/m1/s1. The Labute approximate surface area is 518 Å². The van der Waals surface area contributed by atoms with Crippen molar-refractivity contribution in [3.05, 3.63) is 101 Å². The SMILES string of the molecule is CC(=O)OC[C@@H]1O[C@H](Oc2cc3c(c4ccccc24)[C@H](CCl)CN3C(=O)c2cc(N)cc(C(=O)N3C[C@@H](CCl)c4c3cc(O[C@@H]3O[C@H](COC(C)=O)[C@H](OC(C)=O)[C@H](OC(C)=O)[C@H]3OC(C)=O)c3ccccc43)c2)[C@@H](OC(C)=O)[C@H](OC(C)=O)[C@@H]1OC(C)=O. The van der Waals surface area contributed by atoms with Gasteiger partial charge in [-0.15, -0.1) is 23.2 Å². The first-order chi connectivity index (χ1) is 42.3. The van der Waals surface area contributed by atoms with Crippen molar-refractivity contribution in [2.24, 2.45) is 0 Å². The molecule has 0 unspecified atom stereocenters. The number of amides is 2. The van der Waals surface area contributed by atoms with E-state index in [4.69, 9.17) is 85.8 Å². The van der Waals surface area contributed by atoms with Crippen LogP contribution in [0.2, 0.25) is 0 Å². The van der Waals surface area contributed by atoms with Crippen LogP contribution in [0.1, 0.15) is 99.1 Å². The lowest BCUT2D eigenvalue weighted by molar-refractivity contribution is -0.288. The van der Waals surface area contributed by atoms with Gasteiger partial charge >= 0.3 is 47.8 Å². The van der Waals surface area contributed by atoms with Gasteiger partial charge in [0.05, 0.1) is 11.4 Å². The normalized spacial score (nSPS) is 24.3. The lowest BCUT2D eigenvalue weighted by Gasteiger charge is -2.44. The second kappa shape index (κ2) is 27.3. The third-order valence-electron chi connectivity index (χ3n) is 15.0. The van der Waals surface area contributed by atoms with Crippen LogP contribution in [0, 0.1) is 0 Å². The van der Waals surface area contributed by atoms with Gasteiger partial charge in [0, 0.05) is 132 Å². The summed E-state index contributed by atoms with van der Waals surface area (Å²) < 4.78 is 70.2. The highest BCUT2D eigenvalue weighted by atomic mass is 35.5. The van der Waals surface area contributed by atoms with Gasteiger partial charge in [-0.1, -0.05) is 48.5 Å². The fourth-order valence-corrected chi connectivity index (χ4v) is 12.2. The molecule has 4 aliphatic heterocycles. The molecule has 0 aliphatic carbocycles. The van der Waals surface area contributed by atoms with Crippen LogP contribution in [0.3, 0.4) is 0 Å². The fraction of sp³-hybridized carbons (Fsp3) is 0.419. The van der Waals surface area contributed by atoms with E-state index in [2.05, 4.69) is 0 Å². The van der Waals surface area contributed by atoms with E-state index < -0.39 is 146 Å². The predicted molar refractivity (Wildman–Crippen MR) is 314 cm³/mol. The van der Waals surface area contributed by atoms with Gasteiger partial charge in [-0.3, -0.25) is 47.9 Å². The van der Waals surface area contributed by atoms with Gasteiger partial charge < -0.3 is 72.4 Å². The predicted octanol–water partition coefficient (Wildman–Crippen LogP) is 6.46. The number of halogens is 2. The van der Waals surface area contributed by atoms with E-state index in [1.165, 1.54) is 28.0 Å². The minimum atomic E-state index is -1.64. The molecule has 0 bridgehead atoms. The molecule has 0 spiro atoms. The summed E-state index contributed by atoms with van der Waals surface area (Å²) in [5.74, 6) is -8.40. The summed E-state index contributed by atoms with van der Waals surface area (Å²) in [7, 11) is 0. The molecule has 2 fully saturated rings. The molecule has 25 nitrogen and oxygen atoms in total. The summed E-state index contributed by atoms with van der Waals surface area (Å²) >= 11 is 13.4.